The summed E-state index contributed by atoms with van der Waals surface area (Å²) < 4.78 is 0. The van der Waals surface area contributed by atoms with Crippen LogP contribution in [0.3, 0.4) is 0 Å². The molecule has 0 aliphatic carbocycles. The summed E-state index contributed by atoms with van der Waals surface area (Å²) in [6.45, 7) is 5.69. The van der Waals surface area contributed by atoms with Gasteiger partial charge in [0.25, 0.3) is 0 Å². The van der Waals surface area contributed by atoms with Crippen LogP contribution in [0.5, 0.6) is 0 Å². The first kappa shape index (κ1) is 28.3. The maximum absolute atomic E-state index is 12.4. The number of nitrogen functional groups attached to an aromatic ring is 1. The van der Waals surface area contributed by atoms with Crippen molar-refractivity contribution >= 4 is 17.4 Å². The molecular weight excluding hydrogens is 422 g/mol. The van der Waals surface area contributed by atoms with Crippen molar-refractivity contribution in [1.82, 2.24) is 0 Å². The van der Waals surface area contributed by atoms with E-state index in [2.05, 4.69) is 0 Å². The highest BCUT2D eigenvalue weighted by Gasteiger charge is 2.25. The Balaban J connectivity index is 2.48. The molecule has 0 heterocycles. The van der Waals surface area contributed by atoms with Gasteiger partial charge in [-0.1, -0.05) is 57.2 Å². The molecule has 6 unspecified atom stereocenters. The molecule has 33 heavy (non-hydrogen) atoms. The Morgan fingerprint density at radius 1 is 0.879 bits per heavy atom. The predicted octanol–water partition coefficient (Wildman–Crippen LogP) is 3.37. The maximum atomic E-state index is 12.4. The zero-order chi connectivity index (χ0) is 25.0. The van der Waals surface area contributed by atoms with Crippen LogP contribution >= 0.6 is 0 Å². The van der Waals surface area contributed by atoms with Gasteiger partial charge in [-0.3, -0.25) is 9.59 Å². The van der Waals surface area contributed by atoms with E-state index >= 15 is 0 Å². The summed E-state index contributed by atoms with van der Waals surface area (Å²) in [6, 6.07) is 6.62. The van der Waals surface area contributed by atoms with Crippen LogP contribution in [0.2, 0.25) is 0 Å². The number of hydrogen-bond donors (Lipinski definition) is 5. The Morgan fingerprint density at radius 2 is 1.45 bits per heavy atom. The predicted molar refractivity (Wildman–Crippen MR) is 130 cm³/mol. The minimum Gasteiger partial charge on any atom is -0.481 e. The van der Waals surface area contributed by atoms with Gasteiger partial charge >= 0.3 is 5.97 Å². The topological polar surface area (TPSA) is 141 Å². The van der Waals surface area contributed by atoms with Crippen LogP contribution in [-0.2, 0) is 4.79 Å². The Hall–Kier alpha value is -2.74. The Kier molecular flexibility index (Phi) is 12.4. The molecule has 7 nitrogen and oxygen atoms in total. The maximum Gasteiger partial charge on any atom is 0.306 e. The average molecular weight is 460 g/mol. The Bertz CT molecular complexity index is 830. The van der Waals surface area contributed by atoms with E-state index in [0.717, 1.165) is 0 Å². The number of carboxylic acids is 1. The Labute approximate surface area is 196 Å². The molecule has 6 atom stereocenters. The number of carbonyl (C=O) groups excluding carboxylic acids is 1. The van der Waals surface area contributed by atoms with E-state index in [9.17, 15) is 24.9 Å². The molecule has 1 aromatic carbocycles. The molecule has 0 saturated heterocycles. The number of aliphatic hydroxyl groups is 3. The minimum atomic E-state index is -1.07. The van der Waals surface area contributed by atoms with Crippen molar-refractivity contribution < 1.29 is 30.0 Å². The van der Waals surface area contributed by atoms with Crippen molar-refractivity contribution in [2.24, 2.45) is 17.8 Å². The summed E-state index contributed by atoms with van der Waals surface area (Å²) >= 11 is 0. The molecule has 0 aromatic heterocycles. The molecule has 0 fully saturated rings. The van der Waals surface area contributed by atoms with Crippen molar-refractivity contribution in [3.8, 4) is 0 Å². The van der Waals surface area contributed by atoms with Crippen LogP contribution in [-0.4, -0.2) is 50.5 Å². The van der Waals surface area contributed by atoms with Gasteiger partial charge < -0.3 is 26.2 Å². The first-order valence-electron chi connectivity index (χ1n) is 11.2. The average Bonchev–Trinajstić information content (AvgIpc) is 2.75. The van der Waals surface area contributed by atoms with Crippen LogP contribution < -0.4 is 5.73 Å². The van der Waals surface area contributed by atoms with Crippen molar-refractivity contribution in [2.75, 3.05) is 5.73 Å². The third kappa shape index (κ3) is 11.1. The summed E-state index contributed by atoms with van der Waals surface area (Å²) in [5, 5.41) is 39.1. The SMILES string of the molecule is CC(/C=C/C=C/C=C/C(O)CC(=O)O)C(O)C(C)CC(C)C(O)CC(=O)c1ccc(N)cc1. The van der Waals surface area contributed by atoms with Crippen molar-refractivity contribution in [3.05, 3.63) is 66.3 Å². The first-order valence-corrected chi connectivity index (χ1v) is 11.2. The van der Waals surface area contributed by atoms with E-state index in [1.807, 2.05) is 26.8 Å². The van der Waals surface area contributed by atoms with Gasteiger partial charge in [0.05, 0.1) is 24.7 Å². The largest absolute Gasteiger partial charge is 0.481 e. The highest BCUT2D eigenvalue weighted by molar-refractivity contribution is 5.96. The third-order valence-corrected chi connectivity index (χ3v) is 5.61. The molecule has 6 N–H and O–H groups in total. The van der Waals surface area contributed by atoms with E-state index in [4.69, 9.17) is 10.8 Å². The monoisotopic (exact) mass is 459 g/mol. The van der Waals surface area contributed by atoms with Gasteiger partial charge in [-0.2, -0.15) is 0 Å². The fourth-order valence-electron chi connectivity index (χ4n) is 3.50. The number of anilines is 1. The summed E-state index contributed by atoms with van der Waals surface area (Å²) in [7, 11) is 0. The lowest BCUT2D eigenvalue weighted by molar-refractivity contribution is -0.138. The fourth-order valence-corrected chi connectivity index (χ4v) is 3.50. The van der Waals surface area contributed by atoms with Crippen LogP contribution in [0.15, 0.2) is 60.7 Å². The number of aliphatic carboxylic acids is 1. The second-order valence-corrected chi connectivity index (χ2v) is 8.68. The molecule has 7 heteroatoms. The number of hydrogen-bond acceptors (Lipinski definition) is 6. The summed E-state index contributed by atoms with van der Waals surface area (Å²) in [4.78, 5) is 22.8. The Morgan fingerprint density at radius 3 is 2.03 bits per heavy atom. The van der Waals surface area contributed by atoms with Crippen molar-refractivity contribution in [3.63, 3.8) is 0 Å². The molecule has 0 radical (unpaired) electrons. The van der Waals surface area contributed by atoms with Crippen LogP contribution in [0, 0.1) is 17.8 Å². The zero-order valence-electron chi connectivity index (χ0n) is 19.5. The van der Waals surface area contributed by atoms with E-state index in [0.29, 0.717) is 17.7 Å². The van der Waals surface area contributed by atoms with Crippen LogP contribution in [0.1, 0.15) is 50.4 Å². The second-order valence-electron chi connectivity index (χ2n) is 8.68. The zero-order valence-corrected chi connectivity index (χ0v) is 19.5. The molecule has 1 rings (SSSR count). The molecular formula is C26H37NO6. The minimum absolute atomic E-state index is 0.0167. The number of benzene rings is 1. The van der Waals surface area contributed by atoms with Crippen molar-refractivity contribution in [1.29, 1.82) is 0 Å². The highest BCUT2D eigenvalue weighted by atomic mass is 16.4. The molecule has 0 aliphatic rings. The van der Waals surface area contributed by atoms with Crippen LogP contribution in [0.4, 0.5) is 5.69 Å². The number of nitrogens with two attached hydrogens (primary N) is 1. The molecule has 0 saturated carbocycles. The molecule has 0 bridgehead atoms. The van der Waals surface area contributed by atoms with Gasteiger partial charge in [0.1, 0.15) is 0 Å². The van der Waals surface area contributed by atoms with Crippen molar-refractivity contribution in [2.45, 2.75) is 58.3 Å². The summed E-state index contributed by atoms with van der Waals surface area (Å²) in [5.41, 5.74) is 6.73. The lowest BCUT2D eigenvalue weighted by atomic mass is 9.83. The van der Waals surface area contributed by atoms with Gasteiger partial charge in [0.2, 0.25) is 0 Å². The molecule has 0 amide bonds. The summed E-state index contributed by atoms with van der Waals surface area (Å²) in [6.07, 6.45) is 7.77. The molecule has 182 valence electrons. The lowest BCUT2D eigenvalue weighted by Gasteiger charge is -2.27. The summed E-state index contributed by atoms with van der Waals surface area (Å²) in [5.74, 6) is -1.59. The third-order valence-electron chi connectivity index (χ3n) is 5.61. The quantitative estimate of drug-likeness (QED) is 0.163. The van der Waals surface area contributed by atoms with E-state index < -0.39 is 24.3 Å². The normalized spacial score (nSPS) is 17.8. The number of carboxylic acid groups (broad SMARTS) is 1. The number of carbonyl (C=O) groups is 2. The standard InChI is InChI=1S/C26H37NO6/c1-17(8-6-4-5-7-9-22(28)15-25(31)32)26(33)19(3)14-18(2)23(29)16-24(30)20-10-12-21(27)13-11-20/h4-13,17-19,22-23,26,28-29,33H,14-16,27H2,1-3H3,(H,31,32)/b5-4+,8-6+,9-7+. The number of allylic oxidation sites excluding steroid dienone is 4. The number of rotatable bonds is 14. The number of ketones is 1. The number of aliphatic hydroxyl groups excluding tert-OH is 3. The smallest absolute Gasteiger partial charge is 0.306 e. The first-order chi connectivity index (χ1) is 15.5. The molecule has 1 aromatic rings. The van der Waals surface area contributed by atoms with Crippen LogP contribution in [0.25, 0.3) is 0 Å². The second kappa shape index (κ2) is 14.4. The van der Waals surface area contributed by atoms with Gasteiger partial charge in [0.15, 0.2) is 5.78 Å². The highest BCUT2D eigenvalue weighted by Crippen LogP contribution is 2.25. The fraction of sp³-hybridized carbons (Fsp3) is 0.462. The van der Waals surface area contributed by atoms with E-state index in [-0.39, 0.29) is 36.4 Å². The number of Topliss-reactive ketones (excluding diaryl/α,β-unsaturated/α-hetero) is 1. The van der Waals surface area contributed by atoms with Gasteiger partial charge in [-0.15, -0.1) is 0 Å². The van der Waals surface area contributed by atoms with Gasteiger partial charge in [0, 0.05) is 23.6 Å². The van der Waals surface area contributed by atoms with E-state index in [1.165, 1.54) is 6.08 Å². The lowest BCUT2D eigenvalue weighted by Crippen LogP contribution is -2.30. The van der Waals surface area contributed by atoms with Gasteiger partial charge in [-0.25, -0.2) is 0 Å². The van der Waals surface area contributed by atoms with E-state index in [1.54, 1.807) is 48.6 Å². The molecule has 0 spiro atoms. The molecule has 0 aliphatic heterocycles. The van der Waals surface area contributed by atoms with Gasteiger partial charge in [-0.05, 0) is 42.5 Å².